The Kier molecular flexibility index (Phi) is 5.50. The highest BCUT2D eigenvalue weighted by Gasteiger charge is 2.46. The first-order valence-electron chi connectivity index (χ1n) is 11.5. The lowest BCUT2D eigenvalue weighted by atomic mass is 9.95. The third-order valence-corrected chi connectivity index (χ3v) is 6.92. The van der Waals surface area contributed by atoms with Gasteiger partial charge in [0.25, 0.3) is 5.91 Å². The van der Waals surface area contributed by atoms with E-state index in [4.69, 9.17) is 4.98 Å². The molecule has 7 heteroatoms. The zero-order valence-corrected chi connectivity index (χ0v) is 18.0. The van der Waals surface area contributed by atoms with Gasteiger partial charge in [0.05, 0.1) is 0 Å². The predicted octanol–water partition coefficient (Wildman–Crippen LogP) is 4.05. The van der Waals surface area contributed by atoms with Crippen LogP contribution in [0.3, 0.4) is 0 Å². The zero-order chi connectivity index (χ0) is 21.4. The minimum atomic E-state index is -0.228. The summed E-state index contributed by atoms with van der Waals surface area (Å²) in [5, 5.41) is 6.44. The van der Waals surface area contributed by atoms with Crippen LogP contribution in [0, 0.1) is 24.6 Å². The molecular formula is C24H30FN5O. The van der Waals surface area contributed by atoms with Crippen molar-refractivity contribution in [3.05, 3.63) is 46.9 Å². The maximum absolute atomic E-state index is 14.0. The SMILES string of the molecule is Cc1ccc(CNc2nc(N3CC4CC4C3)ncc2C(=O)NC2CCCCC2)cc1F. The number of halogens is 1. The van der Waals surface area contributed by atoms with Crippen LogP contribution in [0.4, 0.5) is 16.2 Å². The molecule has 3 aliphatic rings. The first-order valence-corrected chi connectivity index (χ1v) is 11.5. The first-order chi connectivity index (χ1) is 15.1. The van der Waals surface area contributed by atoms with Crippen LogP contribution in [0.2, 0.25) is 0 Å². The molecule has 1 saturated heterocycles. The second-order valence-electron chi connectivity index (χ2n) is 9.34. The number of carbonyl (C=O) groups excluding carboxylic acids is 1. The van der Waals surface area contributed by atoms with Gasteiger partial charge in [-0.05, 0) is 55.2 Å². The number of carbonyl (C=O) groups is 1. The molecule has 3 fully saturated rings. The van der Waals surface area contributed by atoms with Crippen LogP contribution >= 0.6 is 0 Å². The second-order valence-corrected chi connectivity index (χ2v) is 9.34. The average Bonchev–Trinajstić information content (AvgIpc) is 3.39. The van der Waals surface area contributed by atoms with E-state index < -0.39 is 0 Å². The van der Waals surface area contributed by atoms with Gasteiger partial charge >= 0.3 is 0 Å². The maximum Gasteiger partial charge on any atom is 0.256 e. The van der Waals surface area contributed by atoms with Crippen molar-refractivity contribution in [1.82, 2.24) is 15.3 Å². The topological polar surface area (TPSA) is 70.2 Å². The van der Waals surface area contributed by atoms with E-state index >= 15 is 0 Å². The molecule has 0 radical (unpaired) electrons. The molecular weight excluding hydrogens is 393 g/mol. The molecule has 2 aromatic rings. The molecule has 2 heterocycles. The van der Waals surface area contributed by atoms with Crippen molar-refractivity contribution < 1.29 is 9.18 Å². The number of benzene rings is 1. The number of aryl methyl sites for hydroxylation is 1. The molecule has 2 aliphatic carbocycles. The Balaban J connectivity index is 1.36. The van der Waals surface area contributed by atoms with Crippen LogP contribution < -0.4 is 15.5 Å². The van der Waals surface area contributed by atoms with Crippen molar-refractivity contribution in [2.24, 2.45) is 11.8 Å². The van der Waals surface area contributed by atoms with Crippen LogP contribution in [0.1, 0.15) is 60.0 Å². The lowest BCUT2D eigenvalue weighted by Crippen LogP contribution is -2.37. The van der Waals surface area contributed by atoms with Crippen molar-refractivity contribution >= 4 is 17.7 Å². The third kappa shape index (κ3) is 4.50. The number of hydrogen-bond donors (Lipinski definition) is 2. The van der Waals surface area contributed by atoms with E-state index in [1.54, 1.807) is 19.2 Å². The van der Waals surface area contributed by atoms with Crippen LogP contribution in [0.5, 0.6) is 0 Å². The number of fused-ring (bicyclic) bond motifs is 1. The minimum absolute atomic E-state index is 0.139. The standard InChI is InChI=1S/C24H30FN5O/c1-15-7-8-16(9-21(15)25)11-26-22-20(23(31)28-19-5-3-2-4-6-19)12-27-24(29-22)30-13-17-10-18(17)14-30/h7-9,12,17-19H,2-6,10-11,13-14H2,1H3,(H,28,31)(H,26,27,29). The van der Waals surface area contributed by atoms with Crippen molar-refractivity contribution in [3.63, 3.8) is 0 Å². The molecule has 1 aromatic carbocycles. The van der Waals surface area contributed by atoms with Gasteiger partial charge in [0, 0.05) is 31.9 Å². The van der Waals surface area contributed by atoms with Crippen molar-refractivity contribution in [1.29, 1.82) is 0 Å². The summed E-state index contributed by atoms with van der Waals surface area (Å²) in [4.78, 5) is 24.5. The fraction of sp³-hybridized carbons (Fsp3) is 0.542. The number of nitrogens with zero attached hydrogens (tertiary/aromatic N) is 3. The maximum atomic E-state index is 14.0. The van der Waals surface area contributed by atoms with Gasteiger partial charge in [-0.15, -0.1) is 0 Å². The molecule has 0 bridgehead atoms. The first kappa shape index (κ1) is 20.2. The molecule has 1 aliphatic heterocycles. The Morgan fingerprint density at radius 1 is 1.19 bits per heavy atom. The summed E-state index contributed by atoms with van der Waals surface area (Å²) in [6.45, 7) is 4.11. The van der Waals surface area contributed by atoms with Gasteiger partial charge in [-0.1, -0.05) is 31.4 Å². The summed E-state index contributed by atoms with van der Waals surface area (Å²) >= 11 is 0. The molecule has 1 aromatic heterocycles. The Hall–Kier alpha value is -2.70. The van der Waals surface area contributed by atoms with E-state index in [-0.39, 0.29) is 17.8 Å². The van der Waals surface area contributed by atoms with Gasteiger partial charge in [0.1, 0.15) is 17.2 Å². The van der Waals surface area contributed by atoms with Crippen molar-refractivity contribution in [2.75, 3.05) is 23.3 Å². The summed E-state index contributed by atoms with van der Waals surface area (Å²) in [6.07, 6.45) is 8.54. The van der Waals surface area contributed by atoms with E-state index in [1.165, 1.54) is 18.9 Å². The molecule has 2 N–H and O–H groups in total. The van der Waals surface area contributed by atoms with Gasteiger partial charge in [0.15, 0.2) is 0 Å². The number of rotatable bonds is 6. The number of piperidine rings is 1. The van der Waals surface area contributed by atoms with E-state index in [9.17, 15) is 9.18 Å². The van der Waals surface area contributed by atoms with Crippen molar-refractivity contribution in [3.8, 4) is 0 Å². The average molecular weight is 424 g/mol. The van der Waals surface area contributed by atoms with E-state index in [0.717, 1.165) is 56.2 Å². The molecule has 2 atom stereocenters. The lowest BCUT2D eigenvalue weighted by Gasteiger charge is -2.24. The number of nitrogens with one attached hydrogen (secondary N) is 2. The Bertz CT molecular complexity index is 964. The second kappa shape index (κ2) is 8.44. The lowest BCUT2D eigenvalue weighted by molar-refractivity contribution is 0.0928. The monoisotopic (exact) mass is 423 g/mol. The molecule has 1 amide bonds. The fourth-order valence-electron chi connectivity index (χ4n) is 4.83. The predicted molar refractivity (Wildman–Crippen MR) is 119 cm³/mol. The summed E-state index contributed by atoms with van der Waals surface area (Å²) in [5.74, 6) is 2.35. The highest BCUT2D eigenvalue weighted by molar-refractivity contribution is 5.98. The zero-order valence-electron chi connectivity index (χ0n) is 18.0. The normalized spacial score (nSPS) is 22.8. The minimum Gasteiger partial charge on any atom is -0.365 e. The van der Waals surface area contributed by atoms with Gasteiger partial charge in [0.2, 0.25) is 5.95 Å². The summed E-state index contributed by atoms with van der Waals surface area (Å²) < 4.78 is 14.0. The number of anilines is 2. The largest absolute Gasteiger partial charge is 0.365 e. The van der Waals surface area contributed by atoms with Crippen molar-refractivity contribution in [2.45, 2.75) is 58.0 Å². The Labute approximate surface area is 182 Å². The van der Waals surface area contributed by atoms with Gasteiger partial charge < -0.3 is 15.5 Å². The fourth-order valence-corrected chi connectivity index (χ4v) is 4.83. The smallest absolute Gasteiger partial charge is 0.256 e. The summed E-state index contributed by atoms with van der Waals surface area (Å²) in [7, 11) is 0. The van der Waals surface area contributed by atoms with Gasteiger partial charge in [-0.3, -0.25) is 4.79 Å². The molecule has 6 nitrogen and oxygen atoms in total. The number of hydrogen-bond acceptors (Lipinski definition) is 5. The highest BCUT2D eigenvalue weighted by Crippen LogP contribution is 2.45. The van der Waals surface area contributed by atoms with Gasteiger partial charge in [-0.2, -0.15) is 4.98 Å². The van der Waals surface area contributed by atoms with E-state index in [1.807, 2.05) is 6.07 Å². The van der Waals surface area contributed by atoms with Crippen LogP contribution in [-0.2, 0) is 6.54 Å². The van der Waals surface area contributed by atoms with E-state index in [0.29, 0.717) is 29.4 Å². The number of aromatic nitrogens is 2. The van der Waals surface area contributed by atoms with E-state index in [2.05, 4.69) is 20.5 Å². The Morgan fingerprint density at radius 2 is 1.97 bits per heavy atom. The number of amides is 1. The summed E-state index contributed by atoms with van der Waals surface area (Å²) in [6, 6.07) is 5.40. The highest BCUT2D eigenvalue weighted by atomic mass is 19.1. The molecule has 2 saturated carbocycles. The van der Waals surface area contributed by atoms with Crippen LogP contribution in [-0.4, -0.2) is 35.0 Å². The molecule has 164 valence electrons. The third-order valence-electron chi connectivity index (χ3n) is 6.92. The van der Waals surface area contributed by atoms with Gasteiger partial charge in [-0.25, -0.2) is 9.37 Å². The molecule has 5 rings (SSSR count). The Morgan fingerprint density at radius 3 is 2.71 bits per heavy atom. The molecule has 2 unspecified atom stereocenters. The quantitative estimate of drug-likeness (QED) is 0.733. The van der Waals surface area contributed by atoms with Crippen LogP contribution in [0.25, 0.3) is 0 Å². The molecule has 0 spiro atoms. The summed E-state index contributed by atoms with van der Waals surface area (Å²) in [5.41, 5.74) is 1.88. The molecule has 31 heavy (non-hydrogen) atoms. The van der Waals surface area contributed by atoms with Crippen LogP contribution in [0.15, 0.2) is 24.4 Å².